The summed E-state index contributed by atoms with van der Waals surface area (Å²) >= 11 is 0. The van der Waals surface area contributed by atoms with E-state index < -0.39 is 0 Å². The molecule has 1 heterocycles. The number of hydrogen-bond acceptors (Lipinski definition) is 1. The van der Waals surface area contributed by atoms with Crippen LogP contribution in [-0.4, -0.2) is 13.1 Å². The largest absolute Gasteiger partial charge is 0.316 e. The van der Waals surface area contributed by atoms with E-state index in [4.69, 9.17) is 0 Å². The first-order valence-electron chi connectivity index (χ1n) is 3.14. The highest BCUT2D eigenvalue weighted by atomic mass is 14.9. The van der Waals surface area contributed by atoms with Crippen molar-refractivity contribution in [3.8, 4) is 0 Å². The van der Waals surface area contributed by atoms with Crippen molar-refractivity contribution in [1.82, 2.24) is 5.32 Å². The lowest BCUT2D eigenvalue weighted by molar-refractivity contribution is 0.563. The maximum Gasteiger partial charge on any atom is -0.00201 e. The van der Waals surface area contributed by atoms with E-state index in [0.717, 1.165) is 5.92 Å². The van der Waals surface area contributed by atoms with E-state index in [2.05, 4.69) is 12.2 Å². The van der Waals surface area contributed by atoms with Crippen molar-refractivity contribution in [2.24, 2.45) is 5.92 Å². The second-order valence-electron chi connectivity index (χ2n) is 2.27. The first-order valence-corrected chi connectivity index (χ1v) is 3.14. The van der Waals surface area contributed by atoms with Gasteiger partial charge < -0.3 is 5.32 Å². The first-order chi connectivity index (χ1) is 3.43. The lowest BCUT2D eigenvalue weighted by Crippen LogP contribution is -2.07. The van der Waals surface area contributed by atoms with Gasteiger partial charge in [0, 0.05) is 0 Å². The summed E-state index contributed by atoms with van der Waals surface area (Å²) in [6.07, 6.45) is 2.75. The van der Waals surface area contributed by atoms with Crippen molar-refractivity contribution in [3.05, 3.63) is 0 Å². The summed E-state index contributed by atoms with van der Waals surface area (Å²) in [5.74, 6) is 0.986. The molecule has 1 aliphatic rings. The Morgan fingerprint density at radius 3 is 2.86 bits per heavy atom. The Kier molecular flexibility index (Phi) is 1.69. The molecule has 0 bridgehead atoms. The zero-order chi connectivity index (χ0) is 5.11. The van der Waals surface area contributed by atoms with Crippen LogP contribution >= 0.6 is 0 Å². The van der Waals surface area contributed by atoms with Crippen LogP contribution in [-0.2, 0) is 0 Å². The molecule has 1 saturated heterocycles. The van der Waals surface area contributed by atoms with E-state index in [9.17, 15) is 0 Å². The first kappa shape index (κ1) is 5.10. The van der Waals surface area contributed by atoms with Gasteiger partial charge in [0.05, 0.1) is 0 Å². The molecule has 0 aromatic rings. The zero-order valence-corrected chi connectivity index (χ0v) is 4.91. The molecule has 0 spiro atoms. The molecule has 1 unspecified atom stereocenters. The van der Waals surface area contributed by atoms with Crippen molar-refractivity contribution < 1.29 is 0 Å². The van der Waals surface area contributed by atoms with E-state index >= 15 is 0 Å². The van der Waals surface area contributed by atoms with Gasteiger partial charge in [-0.15, -0.1) is 0 Å². The maximum atomic E-state index is 3.32. The number of hydrogen-bond donors (Lipinski definition) is 1. The van der Waals surface area contributed by atoms with E-state index in [1.165, 1.54) is 25.9 Å². The molecular weight excluding hydrogens is 86.1 g/mol. The predicted molar refractivity (Wildman–Crippen MR) is 31.3 cm³/mol. The van der Waals surface area contributed by atoms with Crippen LogP contribution in [0.2, 0.25) is 0 Å². The van der Waals surface area contributed by atoms with Crippen molar-refractivity contribution in [1.29, 1.82) is 0 Å². The molecule has 0 radical (unpaired) electrons. The molecule has 1 atom stereocenters. The van der Waals surface area contributed by atoms with E-state index in [0.29, 0.717) is 0 Å². The van der Waals surface area contributed by atoms with Crippen molar-refractivity contribution in [2.75, 3.05) is 13.1 Å². The second-order valence-corrected chi connectivity index (χ2v) is 2.27. The molecule has 1 aliphatic heterocycles. The fourth-order valence-electron chi connectivity index (χ4n) is 1.06. The highest BCUT2D eigenvalue weighted by molar-refractivity contribution is 4.68. The Bertz CT molecular complexity index is 46.1. The van der Waals surface area contributed by atoms with Gasteiger partial charge in [0.1, 0.15) is 0 Å². The Balaban J connectivity index is 2.14. The molecule has 0 aliphatic carbocycles. The van der Waals surface area contributed by atoms with Gasteiger partial charge in [-0.3, -0.25) is 0 Å². The molecule has 0 amide bonds. The molecule has 1 nitrogen and oxygen atoms in total. The van der Waals surface area contributed by atoms with Crippen LogP contribution in [0.15, 0.2) is 0 Å². The summed E-state index contributed by atoms with van der Waals surface area (Å²) in [6.45, 7) is 4.77. The molecular formula is C6H13N. The average Bonchev–Trinajstić information content (AvgIpc) is 2.14. The van der Waals surface area contributed by atoms with Gasteiger partial charge in [0.15, 0.2) is 0 Å². The molecule has 7 heavy (non-hydrogen) atoms. The third-order valence-corrected chi connectivity index (χ3v) is 1.74. The molecule has 1 heteroatoms. The fraction of sp³-hybridized carbons (Fsp3) is 1.00. The molecule has 0 aromatic carbocycles. The minimum atomic E-state index is 0.986. The van der Waals surface area contributed by atoms with Crippen LogP contribution in [0.1, 0.15) is 19.8 Å². The highest BCUT2D eigenvalue weighted by Crippen LogP contribution is 2.09. The van der Waals surface area contributed by atoms with Crippen LogP contribution in [0, 0.1) is 5.92 Å². The van der Waals surface area contributed by atoms with E-state index in [1.54, 1.807) is 0 Å². The summed E-state index contributed by atoms with van der Waals surface area (Å²) in [7, 11) is 0. The Morgan fingerprint density at radius 1 is 1.71 bits per heavy atom. The normalized spacial score (nSPS) is 31.3. The third-order valence-electron chi connectivity index (χ3n) is 1.74. The molecule has 1 fully saturated rings. The second kappa shape index (κ2) is 2.31. The third kappa shape index (κ3) is 1.16. The fourth-order valence-corrected chi connectivity index (χ4v) is 1.06. The van der Waals surface area contributed by atoms with Crippen LogP contribution in [0.4, 0.5) is 0 Å². The minimum absolute atomic E-state index is 0.986. The number of rotatable bonds is 1. The van der Waals surface area contributed by atoms with Gasteiger partial charge in [-0.2, -0.15) is 0 Å². The Labute approximate surface area is 45.1 Å². The van der Waals surface area contributed by atoms with Gasteiger partial charge in [0.25, 0.3) is 0 Å². The van der Waals surface area contributed by atoms with E-state index in [1.807, 2.05) is 0 Å². The quantitative estimate of drug-likeness (QED) is 0.517. The summed E-state index contributed by atoms with van der Waals surface area (Å²) in [5.41, 5.74) is 0. The minimum Gasteiger partial charge on any atom is -0.316 e. The van der Waals surface area contributed by atoms with Crippen molar-refractivity contribution in [3.63, 3.8) is 0 Å². The summed E-state index contributed by atoms with van der Waals surface area (Å²) < 4.78 is 0. The lowest BCUT2D eigenvalue weighted by Gasteiger charge is -1.98. The molecule has 0 saturated carbocycles. The average molecular weight is 99.2 g/mol. The van der Waals surface area contributed by atoms with Crippen molar-refractivity contribution >= 4 is 0 Å². The molecule has 1 N–H and O–H groups in total. The van der Waals surface area contributed by atoms with Crippen LogP contribution < -0.4 is 5.32 Å². The summed E-state index contributed by atoms with van der Waals surface area (Å²) in [6, 6.07) is 0. The Hall–Kier alpha value is -0.0400. The standard InChI is InChI=1S/C6H13N/c1-2-6-3-4-7-5-6/h6-7H,2-5H2,1H3. The van der Waals surface area contributed by atoms with Gasteiger partial charge in [-0.05, 0) is 25.4 Å². The van der Waals surface area contributed by atoms with E-state index in [-0.39, 0.29) is 0 Å². The smallest absolute Gasteiger partial charge is 0.00201 e. The Morgan fingerprint density at radius 2 is 2.57 bits per heavy atom. The zero-order valence-electron chi connectivity index (χ0n) is 4.91. The summed E-state index contributed by atoms with van der Waals surface area (Å²) in [5, 5.41) is 3.32. The number of nitrogens with one attached hydrogen (secondary N) is 1. The van der Waals surface area contributed by atoms with Gasteiger partial charge in [-0.25, -0.2) is 0 Å². The van der Waals surface area contributed by atoms with Gasteiger partial charge >= 0.3 is 0 Å². The van der Waals surface area contributed by atoms with Gasteiger partial charge in [-0.1, -0.05) is 13.3 Å². The van der Waals surface area contributed by atoms with Gasteiger partial charge in [0.2, 0.25) is 0 Å². The molecule has 1 rings (SSSR count). The van der Waals surface area contributed by atoms with Crippen LogP contribution in [0.5, 0.6) is 0 Å². The summed E-state index contributed by atoms with van der Waals surface area (Å²) in [4.78, 5) is 0. The molecule has 42 valence electrons. The highest BCUT2D eigenvalue weighted by Gasteiger charge is 2.10. The van der Waals surface area contributed by atoms with Crippen LogP contribution in [0.3, 0.4) is 0 Å². The monoisotopic (exact) mass is 99.1 g/mol. The van der Waals surface area contributed by atoms with Crippen LogP contribution in [0.25, 0.3) is 0 Å². The SMILES string of the molecule is CCC1CCNC1. The molecule has 0 aromatic heterocycles. The lowest BCUT2D eigenvalue weighted by atomic mass is 10.1. The van der Waals surface area contributed by atoms with Crippen molar-refractivity contribution in [2.45, 2.75) is 19.8 Å². The topological polar surface area (TPSA) is 12.0 Å². The predicted octanol–water partition coefficient (Wildman–Crippen LogP) is 1.01. The maximum absolute atomic E-state index is 3.32.